The zero-order chi connectivity index (χ0) is 12.3. The monoisotopic (exact) mass is 235 g/mol. The third-order valence-corrected chi connectivity index (χ3v) is 2.24. The number of benzene rings is 1. The lowest BCUT2D eigenvalue weighted by Crippen LogP contribution is -2.17. The Morgan fingerprint density at radius 3 is 2.31 bits per heavy atom. The van der Waals surface area contributed by atoms with Gasteiger partial charge in [0.25, 0.3) is 0 Å². The van der Waals surface area contributed by atoms with Crippen molar-refractivity contribution in [3.8, 4) is 0 Å². The van der Waals surface area contributed by atoms with E-state index in [1.54, 1.807) is 0 Å². The molecule has 0 aliphatic carbocycles. The zero-order valence-corrected chi connectivity index (χ0v) is 8.33. The third kappa shape index (κ3) is 2.72. The van der Waals surface area contributed by atoms with E-state index in [-0.39, 0.29) is 5.56 Å². The second kappa shape index (κ2) is 4.82. The molecule has 1 aromatic rings. The highest BCUT2D eigenvalue weighted by atomic mass is 19.4. The summed E-state index contributed by atoms with van der Waals surface area (Å²) < 4.78 is 37.1. The van der Waals surface area contributed by atoms with Crippen LogP contribution >= 0.6 is 0 Å². The van der Waals surface area contributed by atoms with Crippen LogP contribution in [0, 0.1) is 0 Å². The molecule has 3 nitrogen and oxygen atoms in total. The molecule has 90 valence electrons. The maximum absolute atomic E-state index is 12.4. The summed E-state index contributed by atoms with van der Waals surface area (Å²) in [5, 5.41) is 17.8. The van der Waals surface area contributed by atoms with Crippen LogP contribution in [0.1, 0.15) is 22.7 Å². The van der Waals surface area contributed by atoms with Crippen molar-refractivity contribution in [2.45, 2.75) is 18.8 Å². The minimum absolute atomic E-state index is 0.0800. The van der Waals surface area contributed by atoms with Crippen molar-refractivity contribution in [2.75, 3.05) is 6.61 Å². The zero-order valence-electron chi connectivity index (χ0n) is 8.33. The van der Waals surface area contributed by atoms with Gasteiger partial charge in [0.1, 0.15) is 0 Å². The van der Waals surface area contributed by atoms with Crippen LogP contribution in [0.3, 0.4) is 0 Å². The van der Waals surface area contributed by atoms with Crippen LogP contribution in [0.15, 0.2) is 18.2 Å². The Labute approximate surface area is 90.3 Å². The van der Waals surface area contributed by atoms with E-state index in [1.807, 2.05) is 0 Å². The van der Waals surface area contributed by atoms with Gasteiger partial charge in [0, 0.05) is 0 Å². The Balaban J connectivity index is 3.17. The predicted octanol–water partition coefficient (Wildman–Crippen LogP) is 1.19. The lowest BCUT2D eigenvalue weighted by Gasteiger charge is -2.15. The number of halogens is 3. The average Bonchev–Trinajstić information content (AvgIpc) is 2.26. The number of aliphatic hydroxyl groups is 2. The van der Waals surface area contributed by atoms with Crippen molar-refractivity contribution in [2.24, 2.45) is 5.73 Å². The molecule has 16 heavy (non-hydrogen) atoms. The van der Waals surface area contributed by atoms with E-state index in [0.717, 1.165) is 12.1 Å². The van der Waals surface area contributed by atoms with Crippen LogP contribution in [-0.2, 0) is 12.8 Å². The molecule has 0 bridgehead atoms. The quantitative estimate of drug-likeness (QED) is 0.737. The van der Waals surface area contributed by atoms with Crippen molar-refractivity contribution >= 4 is 0 Å². The van der Waals surface area contributed by atoms with Crippen molar-refractivity contribution < 1.29 is 23.4 Å². The summed E-state index contributed by atoms with van der Waals surface area (Å²) in [6.45, 7) is -0.939. The summed E-state index contributed by atoms with van der Waals surface area (Å²) in [5.41, 5.74) is 5.04. The van der Waals surface area contributed by atoms with Gasteiger partial charge in [0.05, 0.1) is 24.8 Å². The molecule has 1 rings (SSSR count). The van der Waals surface area contributed by atoms with Gasteiger partial charge >= 0.3 is 6.18 Å². The fourth-order valence-electron chi connectivity index (χ4n) is 1.38. The molecule has 0 radical (unpaired) electrons. The molecule has 1 aromatic carbocycles. The second-order valence-electron chi connectivity index (χ2n) is 3.36. The maximum atomic E-state index is 12.4. The van der Waals surface area contributed by atoms with E-state index < -0.39 is 31.0 Å². The Hall–Kier alpha value is -1.11. The second-order valence-corrected chi connectivity index (χ2v) is 3.36. The summed E-state index contributed by atoms with van der Waals surface area (Å²) in [7, 11) is 0. The topological polar surface area (TPSA) is 66.5 Å². The summed E-state index contributed by atoms with van der Waals surface area (Å²) in [6.07, 6.45) is -4.45. The standard InChI is InChI=1S/C10H12F3NO2/c11-10(12,13)7-1-2-8(9(14)5-16)6(3-7)4-15/h1-3,9,15-16H,4-5,14H2/t9-/m0/s1. The van der Waals surface area contributed by atoms with Crippen LogP contribution in [0.5, 0.6) is 0 Å². The molecule has 1 atom stereocenters. The molecule has 0 aliphatic heterocycles. The average molecular weight is 235 g/mol. The number of rotatable bonds is 3. The molecular weight excluding hydrogens is 223 g/mol. The molecule has 0 fully saturated rings. The Morgan fingerprint density at radius 2 is 1.88 bits per heavy atom. The van der Waals surface area contributed by atoms with Crippen molar-refractivity contribution in [1.82, 2.24) is 0 Å². The fraction of sp³-hybridized carbons (Fsp3) is 0.400. The molecule has 0 spiro atoms. The van der Waals surface area contributed by atoms with Gasteiger partial charge in [-0.3, -0.25) is 0 Å². The lowest BCUT2D eigenvalue weighted by molar-refractivity contribution is -0.137. The van der Waals surface area contributed by atoms with E-state index in [9.17, 15) is 13.2 Å². The van der Waals surface area contributed by atoms with Gasteiger partial charge < -0.3 is 15.9 Å². The van der Waals surface area contributed by atoms with Gasteiger partial charge in [-0.1, -0.05) is 6.07 Å². The first-order valence-corrected chi connectivity index (χ1v) is 4.57. The Bertz CT molecular complexity index is 366. The van der Waals surface area contributed by atoms with Crippen LogP contribution in [0.25, 0.3) is 0 Å². The van der Waals surface area contributed by atoms with Crippen molar-refractivity contribution in [1.29, 1.82) is 0 Å². The van der Waals surface area contributed by atoms with E-state index >= 15 is 0 Å². The molecule has 4 N–H and O–H groups in total. The maximum Gasteiger partial charge on any atom is 0.416 e. The molecule has 0 amide bonds. The van der Waals surface area contributed by atoms with E-state index in [0.29, 0.717) is 5.56 Å². The lowest BCUT2D eigenvalue weighted by atomic mass is 9.99. The highest BCUT2D eigenvalue weighted by molar-refractivity contribution is 5.35. The number of aliphatic hydroxyl groups excluding tert-OH is 2. The smallest absolute Gasteiger partial charge is 0.394 e. The number of hydrogen-bond donors (Lipinski definition) is 3. The molecule has 6 heteroatoms. The molecule has 0 saturated carbocycles. The van der Waals surface area contributed by atoms with Gasteiger partial charge in [0.2, 0.25) is 0 Å². The molecule has 0 saturated heterocycles. The van der Waals surface area contributed by atoms with Crippen LogP contribution < -0.4 is 5.73 Å². The SMILES string of the molecule is N[C@@H](CO)c1ccc(C(F)(F)F)cc1CO. The van der Waals surface area contributed by atoms with Gasteiger partial charge in [-0.05, 0) is 23.3 Å². The van der Waals surface area contributed by atoms with Crippen LogP contribution in [0.2, 0.25) is 0 Å². The first-order chi connectivity index (χ1) is 7.40. The van der Waals surface area contributed by atoms with E-state index in [1.165, 1.54) is 6.07 Å². The number of alkyl halides is 3. The van der Waals surface area contributed by atoms with Crippen molar-refractivity contribution in [3.05, 3.63) is 34.9 Å². The summed E-state index contributed by atoms with van der Waals surface area (Å²) >= 11 is 0. The first kappa shape index (κ1) is 13.0. The van der Waals surface area contributed by atoms with Gasteiger partial charge in [-0.2, -0.15) is 13.2 Å². The fourth-order valence-corrected chi connectivity index (χ4v) is 1.38. The highest BCUT2D eigenvalue weighted by Crippen LogP contribution is 2.31. The predicted molar refractivity (Wildman–Crippen MR) is 51.4 cm³/mol. The largest absolute Gasteiger partial charge is 0.416 e. The molecule has 0 unspecified atom stereocenters. The minimum Gasteiger partial charge on any atom is -0.394 e. The summed E-state index contributed by atoms with van der Waals surface area (Å²) in [4.78, 5) is 0. The third-order valence-electron chi connectivity index (χ3n) is 2.24. The normalized spacial score (nSPS) is 13.9. The van der Waals surface area contributed by atoms with Gasteiger partial charge in [-0.25, -0.2) is 0 Å². The summed E-state index contributed by atoms with van der Waals surface area (Å²) in [6, 6.07) is 2.11. The number of hydrogen-bond acceptors (Lipinski definition) is 3. The number of nitrogens with two attached hydrogens (primary N) is 1. The summed E-state index contributed by atoms with van der Waals surface area (Å²) in [5.74, 6) is 0. The van der Waals surface area contributed by atoms with E-state index in [2.05, 4.69) is 0 Å². The van der Waals surface area contributed by atoms with Gasteiger partial charge in [-0.15, -0.1) is 0 Å². The van der Waals surface area contributed by atoms with E-state index in [4.69, 9.17) is 15.9 Å². The molecule has 0 aromatic heterocycles. The molecule has 0 heterocycles. The molecule has 0 aliphatic rings. The van der Waals surface area contributed by atoms with Crippen molar-refractivity contribution in [3.63, 3.8) is 0 Å². The highest BCUT2D eigenvalue weighted by Gasteiger charge is 2.31. The Morgan fingerprint density at radius 1 is 1.25 bits per heavy atom. The Kier molecular flexibility index (Phi) is 3.90. The molecular formula is C10H12F3NO2. The minimum atomic E-state index is -4.45. The van der Waals surface area contributed by atoms with Crippen LogP contribution in [0.4, 0.5) is 13.2 Å². The van der Waals surface area contributed by atoms with Gasteiger partial charge in [0.15, 0.2) is 0 Å². The van der Waals surface area contributed by atoms with Crippen LogP contribution in [-0.4, -0.2) is 16.8 Å². The first-order valence-electron chi connectivity index (χ1n) is 4.57.